The van der Waals surface area contributed by atoms with E-state index < -0.39 is 42.3 Å². The number of ketones is 2. The number of aromatic nitrogens is 2. The largest absolute Gasteiger partial charge is 0.398 e. The van der Waals surface area contributed by atoms with Crippen LogP contribution in [0.4, 0.5) is 5.69 Å². The number of rotatable bonds is 1. The molecule has 0 spiro atoms. The standard InChI is InChI=1S/C15H15N3O3/c1-8-17-11-4-2-3-10(16)14(11)15(21)18(8)12-6-5-9(19)7-13(12)20/h2-4,12H,5-7,16H2,1H3/t12-/m0/s1/i5D2,6D2. The van der Waals surface area contributed by atoms with Gasteiger partial charge in [0.2, 0.25) is 0 Å². The molecule has 21 heavy (non-hydrogen) atoms. The second kappa shape index (κ2) is 4.80. The molecular formula is C15H15N3O3. The van der Waals surface area contributed by atoms with E-state index in [4.69, 9.17) is 11.2 Å². The van der Waals surface area contributed by atoms with Crippen molar-refractivity contribution in [3.63, 3.8) is 0 Å². The summed E-state index contributed by atoms with van der Waals surface area (Å²) >= 11 is 0. The van der Waals surface area contributed by atoms with Crippen LogP contribution >= 0.6 is 0 Å². The molecule has 1 fully saturated rings. The number of benzene rings is 1. The maximum atomic E-state index is 12.9. The lowest BCUT2D eigenvalue weighted by atomic mass is 9.92. The van der Waals surface area contributed by atoms with Gasteiger partial charge in [0.15, 0.2) is 5.78 Å². The highest BCUT2D eigenvalue weighted by atomic mass is 16.2. The number of hydrogen-bond donors (Lipinski definition) is 1. The van der Waals surface area contributed by atoms with Crippen molar-refractivity contribution in [2.24, 2.45) is 0 Å². The fourth-order valence-electron chi connectivity index (χ4n) is 2.42. The molecule has 0 unspecified atom stereocenters. The summed E-state index contributed by atoms with van der Waals surface area (Å²) in [6.07, 6.45) is -6.60. The molecule has 0 amide bonds. The summed E-state index contributed by atoms with van der Waals surface area (Å²) in [7, 11) is 0. The molecule has 1 aromatic heterocycles. The van der Waals surface area contributed by atoms with E-state index in [2.05, 4.69) is 4.98 Å². The predicted octanol–water partition coefficient (Wildman–Crippen LogP) is 1.15. The topological polar surface area (TPSA) is 95.1 Å². The van der Waals surface area contributed by atoms with Crippen LogP contribution in [0.3, 0.4) is 0 Å². The Kier molecular flexibility index (Phi) is 2.16. The van der Waals surface area contributed by atoms with Crippen molar-refractivity contribution < 1.29 is 15.1 Å². The molecule has 1 saturated carbocycles. The van der Waals surface area contributed by atoms with Gasteiger partial charge < -0.3 is 5.73 Å². The number of nitrogen functional groups attached to an aromatic ring is 1. The Hall–Kier alpha value is -2.50. The lowest BCUT2D eigenvalue weighted by molar-refractivity contribution is -0.132. The molecule has 1 heterocycles. The third-order valence-electron chi connectivity index (χ3n) is 3.38. The normalized spacial score (nSPS) is 26.8. The van der Waals surface area contributed by atoms with Gasteiger partial charge in [-0.05, 0) is 25.4 Å². The molecule has 0 bridgehead atoms. The number of Topliss-reactive ketones (excluding diaryl/α,β-unsaturated/α-hetero) is 2. The fourth-order valence-corrected chi connectivity index (χ4v) is 2.42. The highest BCUT2D eigenvalue weighted by molar-refractivity contribution is 6.03. The summed E-state index contributed by atoms with van der Waals surface area (Å²) in [5, 5.41) is 0.0224. The summed E-state index contributed by atoms with van der Waals surface area (Å²) in [5.41, 5.74) is 5.49. The number of anilines is 1. The van der Waals surface area contributed by atoms with Crippen molar-refractivity contribution in [3.8, 4) is 0 Å². The average Bonchev–Trinajstić information content (AvgIpc) is 2.49. The quantitative estimate of drug-likeness (QED) is 0.627. The fraction of sp³-hybridized carbons (Fsp3) is 0.333. The Morgan fingerprint density at radius 3 is 2.90 bits per heavy atom. The van der Waals surface area contributed by atoms with Gasteiger partial charge >= 0.3 is 0 Å². The minimum absolute atomic E-state index is 0.0224. The summed E-state index contributed by atoms with van der Waals surface area (Å²) in [5.74, 6) is -1.97. The number of nitrogens with zero attached hydrogens (tertiary/aromatic N) is 2. The molecule has 108 valence electrons. The average molecular weight is 289 g/mol. The predicted molar refractivity (Wildman–Crippen MR) is 78.1 cm³/mol. The van der Waals surface area contributed by atoms with E-state index in [1.165, 1.54) is 13.0 Å². The molecule has 0 aliphatic heterocycles. The van der Waals surface area contributed by atoms with E-state index in [1.807, 2.05) is 0 Å². The molecule has 2 aromatic rings. The van der Waals surface area contributed by atoms with Gasteiger partial charge in [0, 0.05) is 17.5 Å². The first-order valence-corrected chi connectivity index (χ1v) is 6.33. The Morgan fingerprint density at radius 2 is 2.14 bits per heavy atom. The molecule has 1 aliphatic rings. The maximum Gasteiger partial charge on any atom is 0.264 e. The number of carbonyl (C=O) groups is 2. The van der Waals surface area contributed by atoms with Crippen molar-refractivity contribution in [2.45, 2.75) is 32.1 Å². The molecule has 0 saturated heterocycles. The molecule has 0 radical (unpaired) electrons. The monoisotopic (exact) mass is 289 g/mol. The summed E-state index contributed by atoms with van der Waals surface area (Å²) in [6, 6.07) is 2.84. The van der Waals surface area contributed by atoms with Crippen LogP contribution in [0.15, 0.2) is 23.0 Å². The van der Waals surface area contributed by atoms with Gasteiger partial charge in [-0.1, -0.05) is 6.07 Å². The zero-order valence-electron chi connectivity index (χ0n) is 15.2. The highest BCUT2D eigenvalue weighted by Gasteiger charge is 2.30. The Labute approximate surface area is 126 Å². The highest BCUT2D eigenvalue weighted by Crippen LogP contribution is 2.24. The third-order valence-corrected chi connectivity index (χ3v) is 3.38. The molecule has 1 atom stereocenters. The van der Waals surface area contributed by atoms with Crippen LogP contribution in [0.2, 0.25) is 0 Å². The number of carbonyl (C=O) groups excluding carboxylic acids is 2. The van der Waals surface area contributed by atoms with Crippen molar-refractivity contribution in [1.29, 1.82) is 0 Å². The zero-order valence-corrected chi connectivity index (χ0v) is 11.2. The maximum absolute atomic E-state index is 12.9. The minimum atomic E-state index is -2.91. The van der Waals surface area contributed by atoms with E-state index in [9.17, 15) is 14.4 Å². The molecule has 1 aliphatic carbocycles. The molecular weight excluding hydrogens is 270 g/mol. The van der Waals surface area contributed by atoms with Gasteiger partial charge in [0.1, 0.15) is 11.6 Å². The van der Waals surface area contributed by atoms with Crippen molar-refractivity contribution >= 4 is 28.2 Å². The molecule has 2 N–H and O–H groups in total. The van der Waals surface area contributed by atoms with E-state index in [0.29, 0.717) is 5.52 Å². The number of nitrogens with two attached hydrogens (primary N) is 1. The smallest absolute Gasteiger partial charge is 0.264 e. The van der Waals surface area contributed by atoms with Crippen molar-refractivity contribution in [3.05, 3.63) is 34.4 Å². The van der Waals surface area contributed by atoms with Crippen LogP contribution in [0.25, 0.3) is 10.9 Å². The first-order chi connectivity index (χ1) is 11.5. The Bertz CT molecular complexity index is 984. The van der Waals surface area contributed by atoms with Gasteiger partial charge in [-0.25, -0.2) is 4.98 Å². The van der Waals surface area contributed by atoms with E-state index >= 15 is 0 Å². The van der Waals surface area contributed by atoms with E-state index in [0.717, 1.165) is 4.57 Å². The Morgan fingerprint density at radius 1 is 1.38 bits per heavy atom. The van der Waals surface area contributed by atoms with Gasteiger partial charge in [-0.2, -0.15) is 0 Å². The van der Waals surface area contributed by atoms with Crippen molar-refractivity contribution in [1.82, 2.24) is 9.55 Å². The van der Waals surface area contributed by atoms with Gasteiger partial charge in [0.05, 0.1) is 23.4 Å². The minimum Gasteiger partial charge on any atom is -0.398 e. The number of fused-ring (bicyclic) bond motifs is 1. The second-order valence-electron chi connectivity index (χ2n) is 4.81. The zero-order chi connectivity index (χ0) is 18.7. The van der Waals surface area contributed by atoms with Crippen LogP contribution in [0.1, 0.15) is 36.5 Å². The van der Waals surface area contributed by atoms with Crippen LogP contribution < -0.4 is 11.3 Å². The first kappa shape index (κ1) is 9.44. The first-order valence-electron chi connectivity index (χ1n) is 8.33. The molecule has 6 nitrogen and oxygen atoms in total. The Balaban J connectivity index is 2.36. The second-order valence-corrected chi connectivity index (χ2v) is 4.81. The SMILES string of the molecule is [2H]C1([2H])C(=O)CC(=O)[C@@H](n2c(C)nc3cccc(N)c3c2=O)C1([2H])[2H]. The number of aryl methyl sites for hydroxylation is 1. The molecule has 1 aromatic carbocycles. The van der Waals surface area contributed by atoms with Crippen LogP contribution in [0, 0.1) is 6.92 Å². The summed E-state index contributed by atoms with van der Waals surface area (Å²) in [6.45, 7) is 1.42. The van der Waals surface area contributed by atoms with Gasteiger partial charge in [0.25, 0.3) is 5.56 Å². The van der Waals surface area contributed by atoms with Crippen LogP contribution in [-0.4, -0.2) is 21.1 Å². The van der Waals surface area contributed by atoms with Crippen molar-refractivity contribution in [2.75, 3.05) is 5.73 Å². The van der Waals surface area contributed by atoms with Crippen LogP contribution in [-0.2, 0) is 9.59 Å². The third kappa shape index (κ3) is 2.12. The van der Waals surface area contributed by atoms with E-state index in [-0.39, 0.29) is 16.9 Å². The number of hydrogen-bond acceptors (Lipinski definition) is 5. The lowest BCUT2D eigenvalue weighted by Crippen LogP contribution is -2.36. The van der Waals surface area contributed by atoms with Gasteiger partial charge in [-0.15, -0.1) is 0 Å². The molecule has 3 rings (SSSR count). The summed E-state index contributed by atoms with van der Waals surface area (Å²) in [4.78, 5) is 41.3. The van der Waals surface area contributed by atoms with E-state index in [1.54, 1.807) is 12.1 Å². The lowest BCUT2D eigenvalue weighted by Gasteiger charge is -2.24. The molecule has 6 heteroatoms. The van der Waals surface area contributed by atoms with Crippen LogP contribution in [0.5, 0.6) is 0 Å². The summed E-state index contributed by atoms with van der Waals surface area (Å²) < 4.78 is 32.5. The van der Waals surface area contributed by atoms with Gasteiger partial charge in [-0.3, -0.25) is 19.0 Å².